The lowest BCUT2D eigenvalue weighted by atomic mass is 10.1. The van der Waals surface area contributed by atoms with Crippen LogP contribution in [0, 0.1) is 0 Å². The molecule has 0 saturated heterocycles. The van der Waals surface area contributed by atoms with E-state index in [1.54, 1.807) is 0 Å². The van der Waals surface area contributed by atoms with Gasteiger partial charge in [0.25, 0.3) is 0 Å². The highest BCUT2D eigenvalue weighted by Crippen LogP contribution is 1.95. The van der Waals surface area contributed by atoms with Crippen LogP contribution in [-0.2, 0) is 0 Å². The molecular formula is C9H24N2. The summed E-state index contributed by atoms with van der Waals surface area (Å²) in [4.78, 5) is 0. The smallest absolute Gasteiger partial charge is 0.00104 e. The molecule has 0 aliphatic heterocycles. The van der Waals surface area contributed by atoms with Gasteiger partial charge in [-0.15, -0.1) is 0 Å². The summed E-state index contributed by atoms with van der Waals surface area (Å²) in [6, 6.07) is 0.377. The van der Waals surface area contributed by atoms with Crippen LogP contribution in [0.3, 0.4) is 0 Å². The summed E-state index contributed by atoms with van der Waals surface area (Å²) in [5.41, 5.74) is 5.55. The molecule has 0 aromatic heterocycles. The van der Waals surface area contributed by atoms with E-state index in [1.807, 2.05) is 20.9 Å². The van der Waals surface area contributed by atoms with Crippen LogP contribution in [0.15, 0.2) is 0 Å². The van der Waals surface area contributed by atoms with Crippen molar-refractivity contribution >= 4 is 0 Å². The van der Waals surface area contributed by atoms with E-state index in [0.29, 0.717) is 6.04 Å². The van der Waals surface area contributed by atoms with Gasteiger partial charge in [0.15, 0.2) is 0 Å². The summed E-state index contributed by atoms with van der Waals surface area (Å²) < 4.78 is 0. The molecule has 0 rings (SSSR count). The molecule has 0 aromatic carbocycles. The van der Waals surface area contributed by atoms with Crippen molar-refractivity contribution in [3.05, 3.63) is 0 Å². The fourth-order valence-corrected chi connectivity index (χ4v) is 0.768. The molecule has 0 aromatic rings. The van der Waals surface area contributed by atoms with Crippen LogP contribution in [0.25, 0.3) is 0 Å². The third-order valence-corrected chi connectivity index (χ3v) is 1.34. The third kappa shape index (κ3) is 17.8. The van der Waals surface area contributed by atoms with Crippen molar-refractivity contribution in [1.82, 2.24) is 5.32 Å². The van der Waals surface area contributed by atoms with Gasteiger partial charge in [-0.1, -0.05) is 20.3 Å². The second-order valence-electron chi connectivity index (χ2n) is 2.58. The van der Waals surface area contributed by atoms with Gasteiger partial charge < -0.3 is 11.1 Å². The van der Waals surface area contributed by atoms with Gasteiger partial charge >= 0.3 is 0 Å². The molecule has 70 valence electrons. The first kappa shape index (κ1) is 13.5. The van der Waals surface area contributed by atoms with Crippen molar-refractivity contribution in [3.63, 3.8) is 0 Å². The van der Waals surface area contributed by atoms with E-state index in [4.69, 9.17) is 5.73 Å². The first-order valence-electron chi connectivity index (χ1n) is 4.67. The van der Waals surface area contributed by atoms with Gasteiger partial charge in [0.05, 0.1) is 0 Å². The molecule has 0 spiro atoms. The summed E-state index contributed by atoms with van der Waals surface area (Å²) in [7, 11) is 1.98. The van der Waals surface area contributed by atoms with Crippen LogP contribution < -0.4 is 11.1 Å². The van der Waals surface area contributed by atoms with Crippen molar-refractivity contribution in [2.45, 2.75) is 46.1 Å². The zero-order valence-corrected chi connectivity index (χ0v) is 8.48. The van der Waals surface area contributed by atoms with E-state index < -0.39 is 0 Å². The van der Waals surface area contributed by atoms with E-state index in [0.717, 1.165) is 13.0 Å². The Kier molecular flexibility index (Phi) is 15.4. The minimum atomic E-state index is 0.377. The number of hydrogen-bond donors (Lipinski definition) is 2. The van der Waals surface area contributed by atoms with Crippen molar-refractivity contribution in [2.24, 2.45) is 5.73 Å². The number of unbranched alkanes of at least 4 members (excludes halogenated alkanes) is 1. The predicted octanol–water partition coefficient (Wildman–Crippen LogP) is 1.75. The number of rotatable bonds is 5. The molecule has 0 radical (unpaired) electrons. The highest BCUT2D eigenvalue weighted by molar-refractivity contribution is 4.53. The average molecular weight is 160 g/mol. The Hall–Kier alpha value is -0.0800. The maximum atomic E-state index is 5.55. The lowest BCUT2D eigenvalue weighted by molar-refractivity contribution is 0.583. The van der Waals surface area contributed by atoms with Crippen LogP contribution in [0.4, 0.5) is 0 Å². The number of hydrogen-bond acceptors (Lipinski definition) is 2. The van der Waals surface area contributed by atoms with Gasteiger partial charge in [-0.25, -0.2) is 0 Å². The summed E-state index contributed by atoms with van der Waals surface area (Å²) in [5.74, 6) is 0. The van der Waals surface area contributed by atoms with Crippen LogP contribution in [0.2, 0.25) is 0 Å². The predicted molar refractivity (Wildman–Crippen MR) is 52.8 cm³/mol. The Bertz CT molecular complexity index is 53.5. The molecule has 0 aliphatic carbocycles. The van der Waals surface area contributed by atoms with E-state index in [2.05, 4.69) is 12.2 Å². The molecular weight excluding hydrogens is 136 g/mol. The lowest BCUT2D eigenvalue weighted by Crippen LogP contribution is -2.15. The van der Waals surface area contributed by atoms with Crippen LogP contribution in [0.5, 0.6) is 0 Å². The maximum Gasteiger partial charge on any atom is 0.00104 e. The summed E-state index contributed by atoms with van der Waals surface area (Å²) in [5, 5.41) is 3.10. The molecule has 1 unspecified atom stereocenters. The maximum absolute atomic E-state index is 5.55. The molecule has 1 atom stereocenters. The van der Waals surface area contributed by atoms with Gasteiger partial charge in [0, 0.05) is 6.04 Å². The number of nitrogens with one attached hydrogen (secondary N) is 1. The van der Waals surface area contributed by atoms with Crippen LogP contribution >= 0.6 is 0 Å². The van der Waals surface area contributed by atoms with Crippen molar-refractivity contribution in [3.8, 4) is 0 Å². The fraction of sp³-hybridized carbons (Fsp3) is 1.00. The zero-order chi connectivity index (χ0) is 9.11. The third-order valence-electron chi connectivity index (χ3n) is 1.34. The van der Waals surface area contributed by atoms with Gasteiger partial charge in [-0.2, -0.15) is 0 Å². The molecule has 0 amide bonds. The summed E-state index contributed by atoms with van der Waals surface area (Å²) in [6.07, 6.45) is 3.65. The molecule has 0 heterocycles. The van der Waals surface area contributed by atoms with E-state index in [1.165, 1.54) is 12.8 Å². The first-order valence-corrected chi connectivity index (χ1v) is 4.67. The van der Waals surface area contributed by atoms with Gasteiger partial charge in [0.1, 0.15) is 0 Å². The molecule has 3 N–H and O–H groups in total. The molecule has 0 aliphatic rings. The highest BCUT2D eigenvalue weighted by atomic mass is 14.8. The average Bonchev–Trinajstić information content (AvgIpc) is 2.02. The molecule has 0 bridgehead atoms. The van der Waals surface area contributed by atoms with Crippen molar-refractivity contribution in [1.29, 1.82) is 0 Å². The number of nitrogens with two attached hydrogens (primary N) is 1. The molecule has 0 saturated carbocycles. The second-order valence-corrected chi connectivity index (χ2v) is 2.58. The van der Waals surface area contributed by atoms with E-state index in [-0.39, 0.29) is 0 Å². The highest BCUT2D eigenvalue weighted by Gasteiger charge is 1.91. The van der Waals surface area contributed by atoms with Crippen molar-refractivity contribution in [2.75, 3.05) is 13.6 Å². The fourth-order valence-electron chi connectivity index (χ4n) is 0.768. The first-order chi connectivity index (χ1) is 5.27. The van der Waals surface area contributed by atoms with E-state index in [9.17, 15) is 0 Å². The summed E-state index contributed by atoms with van der Waals surface area (Å²) in [6.45, 7) is 7.17. The Morgan fingerprint density at radius 1 is 1.27 bits per heavy atom. The monoisotopic (exact) mass is 160 g/mol. The van der Waals surface area contributed by atoms with Crippen molar-refractivity contribution < 1.29 is 0 Å². The SMILES string of the molecule is CC.CNCCCCC(C)N. The Labute approximate surface area is 71.6 Å². The minimum Gasteiger partial charge on any atom is -0.328 e. The topological polar surface area (TPSA) is 38.0 Å². The lowest BCUT2D eigenvalue weighted by Gasteiger charge is -2.02. The minimum absolute atomic E-state index is 0.377. The molecule has 0 fully saturated rings. The van der Waals surface area contributed by atoms with E-state index >= 15 is 0 Å². The largest absolute Gasteiger partial charge is 0.328 e. The van der Waals surface area contributed by atoms with Gasteiger partial charge in [0.2, 0.25) is 0 Å². The molecule has 11 heavy (non-hydrogen) atoms. The Morgan fingerprint density at radius 3 is 2.18 bits per heavy atom. The summed E-state index contributed by atoms with van der Waals surface area (Å²) >= 11 is 0. The normalized spacial score (nSPS) is 11.7. The Balaban J connectivity index is 0. The van der Waals surface area contributed by atoms with Crippen LogP contribution in [-0.4, -0.2) is 19.6 Å². The van der Waals surface area contributed by atoms with Crippen LogP contribution in [0.1, 0.15) is 40.0 Å². The van der Waals surface area contributed by atoms with Gasteiger partial charge in [-0.3, -0.25) is 0 Å². The molecule has 2 heteroatoms. The Morgan fingerprint density at radius 2 is 1.82 bits per heavy atom. The zero-order valence-electron chi connectivity index (χ0n) is 8.48. The standard InChI is InChI=1S/C7H18N2.C2H6/c1-7(8)5-3-4-6-9-2;1-2/h7,9H,3-6,8H2,1-2H3;1-2H3. The quantitative estimate of drug-likeness (QED) is 0.601. The van der Waals surface area contributed by atoms with Gasteiger partial charge in [-0.05, 0) is 33.4 Å². The second kappa shape index (κ2) is 12.6. The molecule has 2 nitrogen and oxygen atoms in total.